The van der Waals surface area contributed by atoms with E-state index in [0.29, 0.717) is 0 Å². The first-order valence-electron chi connectivity index (χ1n) is 8.81. The van der Waals surface area contributed by atoms with Crippen LogP contribution in [0.25, 0.3) is 0 Å². The van der Waals surface area contributed by atoms with Gasteiger partial charge in [-0.05, 0) is 44.6 Å². The van der Waals surface area contributed by atoms with Gasteiger partial charge in [-0.3, -0.25) is 9.80 Å². The highest BCUT2D eigenvalue weighted by molar-refractivity contribution is 4.95. The highest BCUT2D eigenvalue weighted by Crippen LogP contribution is 2.34. The molecule has 2 heterocycles. The van der Waals surface area contributed by atoms with Crippen LogP contribution < -0.4 is 0 Å². The van der Waals surface area contributed by atoms with Crippen LogP contribution in [0.15, 0.2) is 0 Å². The molecule has 3 rings (SSSR count). The SMILES string of the molecule is CCC1CCCC(N2CC3CCCN3CC2CC)C1. The van der Waals surface area contributed by atoms with Crippen molar-refractivity contribution in [1.29, 1.82) is 0 Å². The zero-order chi connectivity index (χ0) is 13.2. The van der Waals surface area contributed by atoms with Crippen molar-refractivity contribution < 1.29 is 0 Å². The largest absolute Gasteiger partial charge is 0.298 e. The van der Waals surface area contributed by atoms with E-state index in [0.717, 1.165) is 24.0 Å². The smallest absolute Gasteiger partial charge is 0.0224 e. The van der Waals surface area contributed by atoms with Crippen LogP contribution in [0, 0.1) is 5.92 Å². The Bertz CT molecular complexity index is 291. The van der Waals surface area contributed by atoms with Gasteiger partial charge in [0.2, 0.25) is 0 Å². The molecular weight excluding hydrogens is 232 g/mol. The monoisotopic (exact) mass is 264 g/mol. The van der Waals surface area contributed by atoms with Crippen molar-refractivity contribution >= 4 is 0 Å². The van der Waals surface area contributed by atoms with Gasteiger partial charge in [-0.25, -0.2) is 0 Å². The molecule has 0 radical (unpaired) electrons. The van der Waals surface area contributed by atoms with Gasteiger partial charge in [0.15, 0.2) is 0 Å². The van der Waals surface area contributed by atoms with E-state index in [4.69, 9.17) is 0 Å². The molecular formula is C17H32N2. The fourth-order valence-electron chi connectivity index (χ4n) is 4.86. The Morgan fingerprint density at radius 2 is 1.74 bits per heavy atom. The minimum atomic E-state index is 0.843. The lowest BCUT2D eigenvalue weighted by molar-refractivity contribution is -0.000446. The molecule has 0 aromatic rings. The van der Waals surface area contributed by atoms with Crippen LogP contribution in [0.3, 0.4) is 0 Å². The quantitative estimate of drug-likeness (QED) is 0.769. The van der Waals surface area contributed by atoms with Gasteiger partial charge in [-0.1, -0.05) is 33.1 Å². The maximum absolute atomic E-state index is 2.94. The van der Waals surface area contributed by atoms with Crippen molar-refractivity contribution in [2.45, 2.75) is 83.3 Å². The normalized spacial score (nSPS) is 41.4. The van der Waals surface area contributed by atoms with E-state index >= 15 is 0 Å². The van der Waals surface area contributed by atoms with Gasteiger partial charge in [0.25, 0.3) is 0 Å². The number of hydrogen-bond donors (Lipinski definition) is 0. The molecule has 2 aliphatic heterocycles. The zero-order valence-electron chi connectivity index (χ0n) is 13.0. The summed E-state index contributed by atoms with van der Waals surface area (Å²) in [6, 6.07) is 2.64. The summed E-state index contributed by atoms with van der Waals surface area (Å²) < 4.78 is 0. The predicted molar refractivity (Wildman–Crippen MR) is 81.4 cm³/mol. The van der Waals surface area contributed by atoms with E-state index in [9.17, 15) is 0 Å². The predicted octanol–water partition coefficient (Wildman–Crippen LogP) is 3.51. The van der Waals surface area contributed by atoms with Gasteiger partial charge in [0, 0.05) is 31.2 Å². The van der Waals surface area contributed by atoms with Gasteiger partial charge >= 0.3 is 0 Å². The van der Waals surface area contributed by atoms with Crippen LogP contribution in [0.4, 0.5) is 0 Å². The Balaban J connectivity index is 1.67. The third kappa shape index (κ3) is 2.85. The lowest BCUT2D eigenvalue weighted by atomic mass is 9.82. The van der Waals surface area contributed by atoms with E-state index in [2.05, 4.69) is 23.6 Å². The second-order valence-electron chi connectivity index (χ2n) is 7.14. The molecule has 0 aromatic heterocycles. The summed E-state index contributed by atoms with van der Waals surface area (Å²) in [6.07, 6.45) is 11.6. The maximum atomic E-state index is 2.94. The van der Waals surface area contributed by atoms with Crippen molar-refractivity contribution in [3.8, 4) is 0 Å². The highest BCUT2D eigenvalue weighted by atomic mass is 15.3. The molecule has 0 amide bonds. The molecule has 1 aliphatic carbocycles. The summed E-state index contributed by atoms with van der Waals surface area (Å²) in [5, 5.41) is 0. The topological polar surface area (TPSA) is 6.48 Å². The molecule has 0 N–H and O–H groups in total. The fourth-order valence-corrected chi connectivity index (χ4v) is 4.86. The summed E-state index contributed by atoms with van der Waals surface area (Å²) in [6.45, 7) is 8.89. The molecule has 0 bridgehead atoms. The van der Waals surface area contributed by atoms with Gasteiger partial charge in [0.05, 0.1) is 0 Å². The van der Waals surface area contributed by atoms with Gasteiger partial charge in [0.1, 0.15) is 0 Å². The minimum absolute atomic E-state index is 0.843. The Morgan fingerprint density at radius 1 is 0.895 bits per heavy atom. The summed E-state index contributed by atoms with van der Waals surface area (Å²) in [5.41, 5.74) is 0. The standard InChI is InChI=1S/C17H32N2/c1-3-14-7-5-8-16(11-14)19-13-17-9-6-10-18(17)12-15(19)4-2/h14-17H,3-13H2,1-2H3. The van der Waals surface area contributed by atoms with Crippen LogP contribution in [-0.2, 0) is 0 Å². The minimum Gasteiger partial charge on any atom is -0.298 e. The summed E-state index contributed by atoms with van der Waals surface area (Å²) in [7, 11) is 0. The summed E-state index contributed by atoms with van der Waals surface area (Å²) in [5.74, 6) is 1.01. The second-order valence-corrected chi connectivity index (χ2v) is 7.14. The third-order valence-corrected chi connectivity index (χ3v) is 6.11. The average Bonchev–Trinajstić information content (AvgIpc) is 2.93. The lowest BCUT2D eigenvalue weighted by Crippen LogP contribution is -2.59. The molecule has 2 saturated heterocycles. The highest BCUT2D eigenvalue weighted by Gasteiger charge is 2.39. The molecule has 2 heteroatoms. The van der Waals surface area contributed by atoms with Crippen molar-refractivity contribution in [1.82, 2.24) is 9.80 Å². The first-order chi connectivity index (χ1) is 9.31. The van der Waals surface area contributed by atoms with E-state index in [1.54, 1.807) is 0 Å². The Kier molecular flexibility index (Phi) is 4.48. The molecule has 19 heavy (non-hydrogen) atoms. The van der Waals surface area contributed by atoms with Gasteiger partial charge in [-0.15, -0.1) is 0 Å². The fraction of sp³-hybridized carbons (Fsp3) is 1.00. The van der Waals surface area contributed by atoms with E-state index in [-0.39, 0.29) is 0 Å². The molecule has 3 fully saturated rings. The molecule has 2 nitrogen and oxygen atoms in total. The summed E-state index contributed by atoms with van der Waals surface area (Å²) in [4.78, 5) is 5.72. The van der Waals surface area contributed by atoms with E-state index in [1.165, 1.54) is 71.0 Å². The van der Waals surface area contributed by atoms with Crippen molar-refractivity contribution in [2.24, 2.45) is 5.92 Å². The van der Waals surface area contributed by atoms with Crippen molar-refractivity contribution in [3.05, 3.63) is 0 Å². The van der Waals surface area contributed by atoms with E-state index in [1.807, 2.05) is 0 Å². The first kappa shape index (κ1) is 13.9. The zero-order valence-corrected chi connectivity index (χ0v) is 13.0. The molecule has 3 aliphatic rings. The molecule has 0 spiro atoms. The first-order valence-corrected chi connectivity index (χ1v) is 8.81. The van der Waals surface area contributed by atoms with Gasteiger partial charge in [-0.2, -0.15) is 0 Å². The number of fused-ring (bicyclic) bond motifs is 1. The number of piperazine rings is 1. The van der Waals surface area contributed by atoms with Crippen molar-refractivity contribution in [3.63, 3.8) is 0 Å². The van der Waals surface area contributed by atoms with Crippen LogP contribution >= 0.6 is 0 Å². The van der Waals surface area contributed by atoms with Crippen LogP contribution in [0.5, 0.6) is 0 Å². The number of hydrogen-bond acceptors (Lipinski definition) is 2. The molecule has 4 unspecified atom stereocenters. The Morgan fingerprint density at radius 3 is 2.53 bits per heavy atom. The maximum Gasteiger partial charge on any atom is 0.0224 e. The third-order valence-electron chi connectivity index (χ3n) is 6.11. The lowest BCUT2D eigenvalue weighted by Gasteiger charge is -2.49. The second kappa shape index (κ2) is 6.13. The number of rotatable bonds is 3. The molecule has 0 aromatic carbocycles. The molecule has 1 saturated carbocycles. The Labute approximate surface area is 119 Å². The van der Waals surface area contributed by atoms with Gasteiger partial charge < -0.3 is 0 Å². The van der Waals surface area contributed by atoms with Crippen LogP contribution in [-0.4, -0.2) is 47.6 Å². The number of nitrogens with zero attached hydrogens (tertiary/aromatic N) is 2. The van der Waals surface area contributed by atoms with Crippen LogP contribution in [0.2, 0.25) is 0 Å². The molecule has 4 atom stereocenters. The Hall–Kier alpha value is -0.0800. The van der Waals surface area contributed by atoms with Crippen LogP contribution in [0.1, 0.15) is 65.2 Å². The van der Waals surface area contributed by atoms with E-state index < -0.39 is 0 Å². The average molecular weight is 264 g/mol. The summed E-state index contributed by atoms with van der Waals surface area (Å²) >= 11 is 0. The van der Waals surface area contributed by atoms with Crippen molar-refractivity contribution in [2.75, 3.05) is 19.6 Å². The molecule has 110 valence electrons.